The molecule has 1 aromatic rings. The van der Waals surface area contributed by atoms with Gasteiger partial charge in [-0.1, -0.05) is 12.8 Å². The van der Waals surface area contributed by atoms with Gasteiger partial charge in [-0.25, -0.2) is 14.1 Å². The second kappa shape index (κ2) is 4.65. The van der Waals surface area contributed by atoms with E-state index in [0.717, 1.165) is 35.9 Å². The van der Waals surface area contributed by atoms with Crippen LogP contribution in [0.15, 0.2) is 18.2 Å². The first-order valence-corrected chi connectivity index (χ1v) is 6.85. The van der Waals surface area contributed by atoms with Crippen LogP contribution >= 0.6 is 0 Å². The van der Waals surface area contributed by atoms with Gasteiger partial charge in [0.05, 0.1) is 16.7 Å². The number of rotatable bonds is 2. The van der Waals surface area contributed by atoms with E-state index in [9.17, 15) is 18.8 Å². The first kappa shape index (κ1) is 13.7. The quantitative estimate of drug-likeness (QED) is 0.849. The fourth-order valence-corrected chi connectivity index (χ4v) is 3.30. The van der Waals surface area contributed by atoms with E-state index < -0.39 is 29.0 Å². The first-order valence-electron chi connectivity index (χ1n) is 6.85. The summed E-state index contributed by atoms with van der Waals surface area (Å²) < 4.78 is 14.0. The molecule has 2 fully saturated rings. The molecule has 1 aromatic carbocycles. The van der Waals surface area contributed by atoms with Gasteiger partial charge in [0.25, 0.3) is 0 Å². The topological polar surface area (TPSA) is 74.7 Å². The summed E-state index contributed by atoms with van der Waals surface area (Å²) in [5.41, 5.74) is -1.11. The minimum atomic E-state index is -1.23. The van der Waals surface area contributed by atoms with E-state index in [0.29, 0.717) is 12.8 Å². The lowest BCUT2D eigenvalue weighted by atomic mass is 9.84. The van der Waals surface area contributed by atoms with Gasteiger partial charge in [0.1, 0.15) is 5.82 Å². The van der Waals surface area contributed by atoms with Gasteiger partial charge in [0, 0.05) is 6.42 Å². The lowest BCUT2D eigenvalue weighted by molar-refractivity contribution is -0.125. The van der Waals surface area contributed by atoms with Gasteiger partial charge in [-0.15, -0.1) is 0 Å². The standard InChI is InChI=1S/C15H14FNO4/c16-10-4-3-9(13(19)20)7-11(10)17-12(18)8-15(14(17)21)5-1-2-6-15/h3-4,7H,1-2,5-6,8H2,(H,19,20). The van der Waals surface area contributed by atoms with Gasteiger partial charge in [-0.05, 0) is 31.0 Å². The molecule has 1 N–H and O–H groups in total. The Hall–Kier alpha value is -2.24. The zero-order chi connectivity index (χ0) is 15.2. The summed E-state index contributed by atoms with van der Waals surface area (Å²) in [4.78, 5) is 36.5. The number of carbonyl (C=O) groups is 3. The maximum atomic E-state index is 14.0. The Morgan fingerprint density at radius 2 is 1.90 bits per heavy atom. The molecule has 110 valence electrons. The fraction of sp³-hybridized carbons (Fsp3) is 0.400. The van der Waals surface area contributed by atoms with Crippen molar-refractivity contribution in [3.8, 4) is 0 Å². The summed E-state index contributed by atoms with van der Waals surface area (Å²) in [5, 5.41) is 8.97. The Bertz CT molecular complexity index is 649. The monoisotopic (exact) mass is 291 g/mol. The molecule has 5 nitrogen and oxygen atoms in total. The molecule has 6 heteroatoms. The molecule has 21 heavy (non-hydrogen) atoms. The number of nitrogens with zero attached hydrogens (tertiary/aromatic N) is 1. The predicted octanol–water partition coefficient (Wildman–Crippen LogP) is 2.35. The number of hydrogen-bond donors (Lipinski definition) is 1. The van der Waals surface area contributed by atoms with Gasteiger partial charge < -0.3 is 5.11 Å². The van der Waals surface area contributed by atoms with Crippen molar-refractivity contribution < 1.29 is 23.9 Å². The van der Waals surface area contributed by atoms with E-state index in [2.05, 4.69) is 0 Å². The maximum absolute atomic E-state index is 14.0. The predicted molar refractivity (Wildman–Crippen MR) is 71.4 cm³/mol. The molecule has 0 atom stereocenters. The van der Waals surface area contributed by atoms with Gasteiger partial charge in [0.2, 0.25) is 11.8 Å². The molecular weight excluding hydrogens is 277 g/mol. The highest BCUT2D eigenvalue weighted by atomic mass is 19.1. The summed E-state index contributed by atoms with van der Waals surface area (Å²) in [6.07, 6.45) is 3.11. The van der Waals surface area contributed by atoms with Crippen molar-refractivity contribution in [2.45, 2.75) is 32.1 Å². The number of hydrogen-bond acceptors (Lipinski definition) is 3. The summed E-state index contributed by atoms with van der Waals surface area (Å²) in [7, 11) is 0. The number of carboxylic acids is 1. The molecule has 3 rings (SSSR count). The van der Waals surface area contributed by atoms with Crippen molar-refractivity contribution in [2.75, 3.05) is 4.90 Å². The zero-order valence-corrected chi connectivity index (χ0v) is 11.3. The average Bonchev–Trinajstić information content (AvgIpc) is 2.98. The minimum Gasteiger partial charge on any atom is -0.478 e. The Labute approximate surface area is 120 Å². The van der Waals surface area contributed by atoms with E-state index in [1.165, 1.54) is 0 Å². The highest BCUT2D eigenvalue weighted by Gasteiger charge is 2.53. The van der Waals surface area contributed by atoms with Gasteiger partial charge >= 0.3 is 5.97 Å². The summed E-state index contributed by atoms with van der Waals surface area (Å²) in [6, 6.07) is 3.12. The molecule has 1 saturated carbocycles. The van der Waals surface area contributed by atoms with Crippen molar-refractivity contribution in [3.05, 3.63) is 29.6 Å². The Balaban J connectivity index is 2.04. The van der Waals surface area contributed by atoms with Crippen LogP contribution in [0.25, 0.3) is 0 Å². The molecule has 0 aromatic heterocycles. The summed E-state index contributed by atoms with van der Waals surface area (Å²) in [5.74, 6) is -2.85. The van der Waals surface area contributed by atoms with Crippen molar-refractivity contribution in [2.24, 2.45) is 5.41 Å². The molecule has 2 aliphatic rings. The van der Waals surface area contributed by atoms with Crippen molar-refractivity contribution in [3.63, 3.8) is 0 Å². The third kappa shape index (κ3) is 2.02. The van der Waals surface area contributed by atoms with Crippen LogP contribution < -0.4 is 4.90 Å². The van der Waals surface area contributed by atoms with E-state index in [-0.39, 0.29) is 17.7 Å². The van der Waals surface area contributed by atoms with Gasteiger partial charge in [0.15, 0.2) is 0 Å². The molecule has 1 heterocycles. The molecular formula is C15H14FNO4. The van der Waals surface area contributed by atoms with E-state index in [1.54, 1.807) is 0 Å². The number of halogens is 1. The van der Waals surface area contributed by atoms with E-state index in [4.69, 9.17) is 5.11 Å². The Kier molecular flexibility index (Phi) is 3.04. The molecule has 1 aliphatic heterocycles. The third-order valence-electron chi connectivity index (χ3n) is 4.39. The van der Waals surface area contributed by atoms with Crippen LogP contribution in [0.3, 0.4) is 0 Å². The third-order valence-corrected chi connectivity index (χ3v) is 4.39. The van der Waals surface area contributed by atoms with Crippen LogP contribution in [0.5, 0.6) is 0 Å². The second-order valence-corrected chi connectivity index (χ2v) is 5.67. The first-order chi connectivity index (χ1) is 9.94. The van der Waals surface area contributed by atoms with Crippen LogP contribution in [0, 0.1) is 11.2 Å². The molecule has 1 spiro atoms. The molecule has 1 saturated heterocycles. The molecule has 0 bridgehead atoms. The Morgan fingerprint density at radius 3 is 2.52 bits per heavy atom. The van der Waals surface area contributed by atoms with Crippen molar-refractivity contribution >= 4 is 23.5 Å². The highest BCUT2D eigenvalue weighted by molar-refractivity contribution is 6.22. The maximum Gasteiger partial charge on any atom is 0.335 e. The second-order valence-electron chi connectivity index (χ2n) is 5.67. The average molecular weight is 291 g/mol. The number of carbonyl (C=O) groups excluding carboxylic acids is 2. The zero-order valence-electron chi connectivity index (χ0n) is 11.3. The summed E-state index contributed by atoms with van der Waals surface area (Å²) in [6.45, 7) is 0. The number of amides is 2. The highest BCUT2D eigenvalue weighted by Crippen LogP contribution is 2.48. The number of benzene rings is 1. The lowest BCUT2D eigenvalue weighted by Crippen LogP contribution is -2.35. The van der Waals surface area contributed by atoms with E-state index in [1.807, 2.05) is 0 Å². The number of carboxylic acid groups (broad SMARTS) is 1. The van der Waals surface area contributed by atoms with E-state index >= 15 is 0 Å². The Morgan fingerprint density at radius 1 is 1.24 bits per heavy atom. The van der Waals surface area contributed by atoms with Gasteiger partial charge in [-0.3, -0.25) is 9.59 Å². The van der Waals surface area contributed by atoms with Gasteiger partial charge in [-0.2, -0.15) is 0 Å². The molecule has 1 aliphatic carbocycles. The van der Waals surface area contributed by atoms with Crippen LogP contribution in [0.1, 0.15) is 42.5 Å². The van der Waals surface area contributed by atoms with Crippen molar-refractivity contribution in [1.29, 1.82) is 0 Å². The minimum absolute atomic E-state index is 0.0859. The number of aromatic carboxylic acids is 1. The number of imide groups is 1. The molecule has 0 unspecified atom stereocenters. The number of anilines is 1. The normalized spacial score (nSPS) is 20.5. The van der Waals surface area contributed by atoms with Crippen LogP contribution in [0.2, 0.25) is 0 Å². The molecule has 2 amide bonds. The van der Waals surface area contributed by atoms with Crippen LogP contribution in [-0.4, -0.2) is 22.9 Å². The van der Waals surface area contributed by atoms with Crippen molar-refractivity contribution in [1.82, 2.24) is 0 Å². The fourth-order valence-electron chi connectivity index (χ4n) is 3.30. The van der Waals surface area contributed by atoms with Crippen LogP contribution in [0.4, 0.5) is 10.1 Å². The smallest absolute Gasteiger partial charge is 0.335 e. The largest absolute Gasteiger partial charge is 0.478 e. The summed E-state index contributed by atoms with van der Waals surface area (Å²) >= 11 is 0. The SMILES string of the molecule is O=C(O)c1ccc(F)c(N2C(=O)CC3(CCCC3)C2=O)c1. The lowest BCUT2D eigenvalue weighted by Gasteiger charge is -2.21. The molecule has 0 radical (unpaired) electrons. The van der Waals surface area contributed by atoms with Crippen LogP contribution in [-0.2, 0) is 9.59 Å².